The zero-order valence-electron chi connectivity index (χ0n) is 11.1. The van der Waals surface area contributed by atoms with Crippen LogP contribution in [0.5, 0.6) is 0 Å². The van der Waals surface area contributed by atoms with Crippen molar-refractivity contribution in [2.75, 3.05) is 6.54 Å². The van der Waals surface area contributed by atoms with Gasteiger partial charge in [-0.2, -0.15) is 5.10 Å². The predicted octanol–water partition coefficient (Wildman–Crippen LogP) is 0.714. The third-order valence-corrected chi connectivity index (χ3v) is 2.73. The number of H-pyrrole nitrogens is 1. The monoisotopic (exact) mass is 252 g/mol. The van der Waals surface area contributed by atoms with Gasteiger partial charge in [-0.1, -0.05) is 13.8 Å². The number of nitrogens with zero attached hydrogens (tertiary/aromatic N) is 1. The number of hydrogen-bond donors (Lipinski definition) is 3. The lowest BCUT2D eigenvalue weighted by atomic mass is 10.0. The molecule has 1 aromatic rings. The Morgan fingerprint density at radius 1 is 1.17 bits per heavy atom. The molecule has 0 spiro atoms. The van der Waals surface area contributed by atoms with Gasteiger partial charge in [0.15, 0.2) is 0 Å². The number of aromatic amines is 1. The molecule has 0 radical (unpaired) electrons. The largest absolute Gasteiger partial charge is 0.338 e. The van der Waals surface area contributed by atoms with E-state index in [1.54, 1.807) is 0 Å². The molecule has 1 aromatic heterocycles. The number of rotatable bonds is 5. The molecule has 0 aliphatic carbocycles. The summed E-state index contributed by atoms with van der Waals surface area (Å²) >= 11 is 0. The minimum Gasteiger partial charge on any atom is -0.338 e. The Labute approximate surface area is 106 Å². The summed E-state index contributed by atoms with van der Waals surface area (Å²) < 4.78 is 0. The van der Waals surface area contributed by atoms with Crippen LogP contribution in [-0.2, 0) is 19.4 Å². The van der Waals surface area contributed by atoms with Gasteiger partial charge in [-0.3, -0.25) is 4.79 Å². The summed E-state index contributed by atoms with van der Waals surface area (Å²) in [6.45, 7) is 6.58. The fraction of sp³-hybridized carbons (Fsp3) is 0.583. The highest BCUT2D eigenvalue weighted by Crippen LogP contribution is 2.09. The van der Waals surface area contributed by atoms with E-state index in [9.17, 15) is 9.59 Å². The van der Waals surface area contributed by atoms with E-state index in [1.807, 2.05) is 20.8 Å². The van der Waals surface area contributed by atoms with Crippen molar-refractivity contribution in [2.45, 2.75) is 40.2 Å². The quantitative estimate of drug-likeness (QED) is 0.721. The molecule has 0 aromatic carbocycles. The van der Waals surface area contributed by atoms with E-state index in [2.05, 4.69) is 20.8 Å². The number of nitrogens with one attached hydrogen (secondary N) is 3. The van der Waals surface area contributed by atoms with Gasteiger partial charge in [-0.15, -0.1) is 0 Å². The van der Waals surface area contributed by atoms with Gasteiger partial charge in [0, 0.05) is 12.1 Å². The van der Waals surface area contributed by atoms with Crippen LogP contribution in [0.2, 0.25) is 0 Å². The minimum atomic E-state index is -0.270. The second-order valence-corrected chi connectivity index (χ2v) is 3.88. The number of hydrogen-bond acceptors (Lipinski definition) is 3. The van der Waals surface area contributed by atoms with Crippen molar-refractivity contribution < 1.29 is 4.79 Å². The number of amides is 2. The fourth-order valence-corrected chi connectivity index (χ4v) is 1.85. The van der Waals surface area contributed by atoms with Crippen LogP contribution < -0.4 is 16.2 Å². The third kappa shape index (κ3) is 3.32. The Kier molecular flexibility index (Phi) is 5.35. The van der Waals surface area contributed by atoms with Crippen LogP contribution in [-0.4, -0.2) is 22.8 Å². The Morgan fingerprint density at radius 3 is 2.44 bits per heavy atom. The Morgan fingerprint density at radius 2 is 1.89 bits per heavy atom. The highest BCUT2D eigenvalue weighted by atomic mass is 16.2. The van der Waals surface area contributed by atoms with E-state index in [1.165, 1.54) is 0 Å². The van der Waals surface area contributed by atoms with Gasteiger partial charge in [-0.05, 0) is 25.3 Å². The van der Waals surface area contributed by atoms with Crippen LogP contribution >= 0.6 is 0 Å². The number of carbonyl (C=O) groups is 1. The summed E-state index contributed by atoms with van der Waals surface area (Å²) in [6.07, 6.45) is 1.49. The van der Waals surface area contributed by atoms with Crippen molar-refractivity contribution in [3.63, 3.8) is 0 Å². The first kappa shape index (κ1) is 14.2. The molecule has 100 valence electrons. The summed E-state index contributed by atoms with van der Waals surface area (Å²) in [5.74, 6) is 0. The molecule has 0 fully saturated rings. The van der Waals surface area contributed by atoms with E-state index in [0.717, 1.165) is 24.1 Å². The molecular formula is C12H20N4O2. The van der Waals surface area contributed by atoms with Crippen LogP contribution in [0.25, 0.3) is 0 Å². The smallest absolute Gasteiger partial charge is 0.315 e. The second-order valence-electron chi connectivity index (χ2n) is 3.88. The number of aromatic nitrogens is 2. The molecule has 6 heteroatoms. The topological polar surface area (TPSA) is 86.9 Å². The maximum Gasteiger partial charge on any atom is 0.315 e. The number of urea groups is 1. The summed E-state index contributed by atoms with van der Waals surface area (Å²) in [6, 6.07) is -0.270. The molecule has 18 heavy (non-hydrogen) atoms. The Bertz CT molecular complexity index is 468. The Balaban J connectivity index is 2.93. The second kappa shape index (κ2) is 6.78. The zero-order valence-corrected chi connectivity index (χ0v) is 11.1. The van der Waals surface area contributed by atoms with Crippen molar-refractivity contribution in [3.8, 4) is 0 Å². The zero-order chi connectivity index (χ0) is 13.5. The van der Waals surface area contributed by atoms with Crippen LogP contribution in [0.4, 0.5) is 4.79 Å². The maximum absolute atomic E-state index is 11.7. The van der Waals surface area contributed by atoms with Gasteiger partial charge in [0.05, 0.1) is 12.2 Å². The van der Waals surface area contributed by atoms with E-state index < -0.39 is 0 Å². The molecular weight excluding hydrogens is 232 g/mol. The standard InChI is InChI=1S/C12H20N4O2/c1-4-8-9(7-14-12(18)13-6-3)11(17)16-15-10(8)5-2/h4-7H2,1-3H3,(H,16,17)(H2,13,14,18). The van der Waals surface area contributed by atoms with E-state index >= 15 is 0 Å². The van der Waals surface area contributed by atoms with Crippen molar-refractivity contribution in [1.29, 1.82) is 0 Å². The lowest BCUT2D eigenvalue weighted by Crippen LogP contribution is -2.36. The van der Waals surface area contributed by atoms with Gasteiger partial charge in [-0.25, -0.2) is 9.89 Å². The third-order valence-electron chi connectivity index (χ3n) is 2.73. The number of carbonyl (C=O) groups excluding carboxylic acids is 1. The lowest BCUT2D eigenvalue weighted by molar-refractivity contribution is 0.241. The average Bonchev–Trinajstić information content (AvgIpc) is 2.37. The normalized spacial score (nSPS) is 10.2. The molecule has 0 unspecified atom stereocenters. The van der Waals surface area contributed by atoms with E-state index in [-0.39, 0.29) is 18.1 Å². The van der Waals surface area contributed by atoms with Gasteiger partial charge in [0.2, 0.25) is 0 Å². The summed E-state index contributed by atoms with van der Waals surface area (Å²) in [5.41, 5.74) is 2.17. The van der Waals surface area contributed by atoms with Crippen molar-refractivity contribution in [1.82, 2.24) is 20.8 Å². The summed E-state index contributed by atoms with van der Waals surface area (Å²) in [7, 11) is 0. The molecule has 0 saturated carbocycles. The van der Waals surface area contributed by atoms with E-state index in [0.29, 0.717) is 12.1 Å². The van der Waals surface area contributed by atoms with Crippen LogP contribution in [0, 0.1) is 0 Å². The molecule has 1 heterocycles. The van der Waals surface area contributed by atoms with Gasteiger partial charge in [0.25, 0.3) is 5.56 Å². The maximum atomic E-state index is 11.7. The van der Waals surface area contributed by atoms with Gasteiger partial charge >= 0.3 is 6.03 Å². The summed E-state index contributed by atoms with van der Waals surface area (Å²) in [4.78, 5) is 23.1. The predicted molar refractivity (Wildman–Crippen MR) is 69.5 cm³/mol. The first-order chi connectivity index (χ1) is 8.63. The van der Waals surface area contributed by atoms with Crippen LogP contribution in [0.15, 0.2) is 4.79 Å². The molecule has 0 saturated heterocycles. The summed E-state index contributed by atoms with van der Waals surface area (Å²) in [5, 5.41) is 11.8. The minimum absolute atomic E-state index is 0.222. The highest BCUT2D eigenvalue weighted by molar-refractivity contribution is 5.73. The molecule has 0 aliphatic heterocycles. The van der Waals surface area contributed by atoms with Crippen molar-refractivity contribution in [3.05, 3.63) is 27.2 Å². The van der Waals surface area contributed by atoms with Crippen molar-refractivity contribution >= 4 is 6.03 Å². The van der Waals surface area contributed by atoms with Crippen LogP contribution in [0.1, 0.15) is 37.6 Å². The van der Waals surface area contributed by atoms with Gasteiger partial charge < -0.3 is 10.6 Å². The Hall–Kier alpha value is -1.85. The van der Waals surface area contributed by atoms with Gasteiger partial charge in [0.1, 0.15) is 0 Å². The molecule has 6 nitrogen and oxygen atoms in total. The molecule has 3 N–H and O–H groups in total. The highest BCUT2D eigenvalue weighted by Gasteiger charge is 2.12. The van der Waals surface area contributed by atoms with Crippen molar-refractivity contribution in [2.24, 2.45) is 0 Å². The first-order valence-electron chi connectivity index (χ1n) is 6.24. The SMILES string of the molecule is CCNC(=O)NCc1c(CC)c(CC)n[nH]c1=O. The van der Waals surface area contributed by atoms with Crippen LogP contribution in [0.3, 0.4) is 0 Å². The molecule has 2 amide bonds. The average molecular weight is 252 g/mol. The van der Waals surface area contributed by atoms with E-state index in [4.69, 9.17) is 0 Å². The lowest BCUT2D eigenvalue weighted by Gasteiger charge is -2.11. The number of aryl methyl sites for hydroxylation is 1. The molecule has 0 atom stereocenters. The molecule has 0 bridgehead atoms. The molecule has 1 rings (SSSR count). The fourth-order valence-electron chi connectivity index (χ4n) is 1.85. The molecule has 0 aliphatic rings. The first-order valence-corrected chi connectivity index (χ1v) is 6.24.